The van der Waals surface area contributed by atoms with Gasteiger partial charge in [-0.05, 0) is 92.4 Å². The Kier molecular flexibility index (Phi) is 6.93. The minimum absolute atomic E-state index is 0.177. The zero-order valence-corrected chi connectivity index (χ0v) is 22.8. The van der Waals surface area contributed by atoms with E-state index in [2.05, 4.69) is 46.0 Å². The van der Waals surface area contributed by atoms with Crippen LogP contribution in [0.25, 0.3) is 0 Å². The van der Waals surface area contributed by atoms with E-state index in [-0.39, 0.29) is 5.54 Å². The maximum atomic E-state index is 12.0. The van der Waals surface area contributed by atoms with Gasteiger partial charge in [0, 0.05) is 48.7 Å². The predicted molar refractivity (Wildman–Crippen MR) is 150 cm³/mol. The summed E-state index contributed by atoms with van der Waals surface area (Å²) in [5, 5.41) is 5.17. The van der Waals surface area contributed by atoms with Gasteiger partial charge in [0.05, 0.1) is 4.90 Å². The number of sulfone groups is 1. The van der Waals surface area contributed by atoms with Crippen molar-refractivity contribution in [3.63, 3.8) is 0 Å². The number of hydrogen-bond donors (Lipinski definition) is 1. The van der Waals surface area contributed by atoms with Crippen molar-refractivity contribution < 1.29 is 8.42 Å². The highest BCUT2D eigenvalue weighted by molar-refractivity contribution is 7.94. The van der Waals surface area contributed by atoms with Crippen molar-refractivity contribution in [3.05, 3.63) is 71.6 Å². The number of fused-ring (bicyclic) bond motifs is 1. The second kappa shape index (κ2) is 10.2. The normalized spacial score (nSPS) is 26.1. The van der Waals surface area contributed by atoms with E-state index in [1.807, 2.05) is 12.1 Å². The Hall–Kier alpha value is -2.15. The Morgan fingerprint density at radius 1 is 0.946 bits per heavy atom. The third-order valence-electron chi connectivity index (χ3n) is 9.73. The summed E-state index contributed by atoms with van der Waals surface area (Å²) in [7, 11) is -3.36. The van der Waals surface area contributed by atoms with Crippen LogP contribution in [0.15, 0.2) is 65.4 Å². The molecule has 1 atom stereocenters. The minimum atomic E-state index is -3.36. The summed E-state index contributed by atoms with van der Waals surface area (Å²) in [4.78, 5) is 5.38. The third-order valence-corrected chi connectivity index (χ3v) is 11.1. The third kappa shape index (κ3) is 4.66. The van der Waals surface area contributed by atoms with Gasteiger partial charge >= 0.3 is 0 Å². The monoisotopic (exact) mass is 519 g/mol. The number of rotatable bonds is 7. The average Bonchev–Trinajstić information content (AvgIpc) is 3.46. The van der Waals surface area contributed by atoms with Crippen molar-refractivity contribution in [1.82, 2.24) is 10.2 Å². The number of benzene rings is 2. The molecular formula is C31H41N3O2S. The van der Waals surface area contributed by atoms with Gasteiger partial charge in [-0.2, -0.15) is 0 Å². The van der Waals surface area contributed by atoms with Crippen LogP contribution in [0, 0.1) is 17.8 Å². The molecule has 37 heavy (non-hydrogen) atoms. The zero-order chi connectivity index (χ0) is 25.5. The van der Waals surface area contributed by atoms with Crippen molar-refractivity contribution in [2.24, 2.45) is 17.8 Å². The highest BCUT2D eigenvalue weighted by atomic mass is 32.2. The SMILES string of the molecule is C=CS(=O)(=O)c1ccc(N2CC(CN3CCC([C@@]4(C5CCCC5)NCCc5ccccc54)CC3)C2)cc1. The first-order valence-corrected chi connectivity index (χ1v) is 15.8. The van der Waals surface area contributed by atoms with Crippen LogP contribution in [0.5, 0.6) is 0 Å². The van der Waals surface area contributed by atoms with Gasteiger partial charge < -0.3 is 15.1 Å². The molecule has 3 aliphatic heterocycles. The molecule has 198 valence electrons. The van der Waals surface area contributed by atoms with E-state index in [9.17, 15) is 8.42 Å². The van der Waals surface area contributed by atoms with Crippen LogP contribution in [-0.4, -0.2) is 52.6 Å². The van der Waals surface area contributed by atoms with Crippen LogP contribution in [-0.2, 0) is 21.8 Å². The fourth-order valence-corrected chi connectivity index (χ4v) is 8.57. The number of nitrogens with one attached hydrogen (secondary N) is 1. The number of anilines is 1. The summed E-state index contributed by atoms with van der Waals surface area (Å²) in [6.07, 6.45) is 9.26. The van der Waals surface area contributed by atoms with Crippen LogP contribution in [0.2, 0.25) is 0 Å². The van der Waals surface area contributed by atoms with Crippen molar-refractivity contribution in [3.8, 4) is 0 Å². The van der Waals surface area contributed by atoms with Crippen LogP contribution in [0.3, 0.4) is 0 Å². The van der Waals surface area contributed by atoms with E-state index in [0.717, 1.165) is 49.0 Å². The molecule has 2 saturated heterocycles. The van der Waals surface area contributed by atoms with Crippen LogP contribution in [0.4, 0.5) is 5.69 Å². The molecule has 0 unspecified atom stereocenters. The van der Waals surface area contributed by atoms with Crippen molar-refractivity contribution in [2.45, 2.75) is 55.4 Å². The van der Waals surface area contributed by atoms with Crippen LogP contribution < -0.4 is 10.2 Å². The molecule has 6 heteroatoms. The summed E-state index contributed by atoms with van der Waals surface area (Å²) < 4.78 is 24.0. The lowest BCUT2D eigenvalue weighted by Gasteiger charge is -2.53. The van der Waals surface area contributed by atoms with E-state index in [0.29, 0.717) is 10.8 Å². The molecule has 0 radical (unpaired) electrons. The second-order valence-corrected chi connectivity index (χ2v) is 13.6. The molecule has 4 aliphatic rings. The van der Waals surface area contributed by atoms with Gasteiger partial charge in [-0.15, -0.1) is 0 Å². The Labute approximate surface area is 222 Å². The van der Waals surface area contributed by atoms with E-state index in [4.69, 9.17) is 0 Å². The number of nitrogens with zero attached hydrogens (tertiary/aromatic N) is 2. The Morgan fingerprint density at radius 2 is 1.62 bits per heavy atom. The van der Waals surface area contributed by atoms with Gasteiger partial charge in [-0.25, -0.2) is 8.42 Å². The first kappa shape index (κ1) is 25.1. The van der Waals surface area contributed by atoms with Crippen molar-refractivity contribution in [1.29, 1.82) is 0 Å². The molecule has 0 aromatic heterocycles. The quantitative estimate of drug-likeness (QED) is 0.559. The van der Waals surface area contributed by atoms with Crippen LogP contribution >= 0.6 is 0 Å². The fourth-order valence-electron chi connectivity index (χ4n) is 7.86. The lowest BCUT2D eigenvalue weighted by atomic mass is 9.63. The summed E-state index contributed by atoms with van der Waals surface area (Å²) in [5.41, 5.74) is 4.49. The zero-order valence-electron chi connectivity index (χ0n) is 21.9. The molecule has 2 aromatic rings. The van der Waals surface area contributed by atoms with E-state index in [1.165, 1.54) is 58.2 Å². The summed E-state index contributed by atoms with van der Waals surface area (Å²) >= 11 is 0. The Bertz CT molecular complexity index is 1210. The lowest BCUT2D eigenvalue weighted by Crippen LogP contribution is -2.59. The molecule has 0 amide bonds. The second-order valence-electron chi connectivity index (χ2n) is 11.7. The summed E-state index contributed by atoms with van der Waals surface area (Å²) in [6.45, 7) is 10.2. The molecule has 1 saturated carbocycles. The number of piperidine rings is 1. The standard InChI is InChI=1S/C31H41N3O2S/c1-2-37(35,36)29-13-11-28(12-14-29)34-22-24(23-34)21-33-19-16-27(17-20-33)31(26-8-4-5-9-26)30-10-6-3-7-25(30)15-18-32-31/h2-3,6-7,10-14,24,26-27,32H,1,4-5,8-9,15-23H2/t31-/m1/s1. The highest BCUT2D eigenvalue weighted by Gasteiger charge is 2.50. The lowest BCUT2D eigenvalue weighted by molar-refractivity contribution is 0.0492. The van der Waals surface area contributed by atoms with Gasteiger partial charge in [0.25, 0.3) is 0 Å². The maximum absolute atomic E-state index is 12.0. The Balaban J connectivity index is 1.06. The Morgan fingerprint density at radius 3 is 2.32 bits per heavy atom. The van der Waals surface area contributed by atoms with Crippen molar-refractivity contribution >= 4 is 15.5 Å². The van der Waals surface area contributed by atoms with Gasteiger partial charge in [-0.3, -0.25) is 0 Å². The van der Waals surface area contributed by atoms with Gasteiger partial charge in [0.2, 0.25) is 0 Å². The molecule has 5 nitrogen and oxygen atoms in total. The molecule has 1 aliphatic carbocycles. The first-order chi connectivity index (χ1) is 18.0. The number of hydrogen-bond acceptors (Lipinski definition) is 5. The van der Waals surface area contributed by atoms with Gasteiger partial charge in [0.15, 0.2) is 9.84 Å². The van der Waals surface area contributed by atoms with E-state index in [1.54, 1.807) is 23.3 Å². The highest BCUT2D eigenvalue weighted by Crippen LogP contribution is 2.50. The maximum Gasteiger partial charge on any atom is 0.199 e. The van der Waals surface area contributed by atoms with Crippen LogP contribution in [0.1, 0.15) is 49.7 Å². The fraction of sp³-hybridized carbons (Fsp3) is 0.548. The topological polar surface area (TPSA) is 52.7 Å². The molecule has 1 N–H and O–H groups in total. The summed E-state index contributed by atoms with van der Waals surface area (Å²) in [6, 6.07) is 16.6. The largest absolute Gasteiger partial charge is 0.371 e. The van der Waals surface area contributed by atoms with Crippen molar-refractivity contribution in [2.75, 3.05) is 44.2 Å². The smallest absolute Gasteiger partial charge is 0.199 e. The van der Waals surface area contributed by atoms with Gasteiger partial charge in [-0.1, -0.05) is 43.7 Å². The predicted octanol–water partition coefficient (Wildman–Crippen LogP) is 4.98. The molecule has 3 fully saturated rings. The minimum Gasteiger partial charge on any atom is -0.371 e. The molecule has 6 rings (SSSR count). The van der Waals surface area contributed by atoms with E-state index >= 15 is 0 Å². The summed E-state index contributed by atoms with van der Waals surface area (Å²) in [5.74, 6) is 2.18. The number of likely N-dealkylation sites (tertiary alicyclic amines) is 1. The molecule has 0 spiro atoms. The molecule has 0 bridgehead atoms. The molecular weight excluding hydrogens is 478 g/mol. The molecule has 3 heterocycles. The molecule has 2 aromatic carbocycles. The average molecular weight is 520 g/mol. The van der Waals surface area contributed by atoms with E-state index < -0.39 is 9.84 Å². The van der Waals surface area contributed by atoms with Gasteiger partial charge in [0.1, 0.15) is 0 Å². The first-order valence-electron chi connectivity index (χ1n) is 14.3.